The molecule has 24 heavy (non-hydrogen) atoms. The number of nitro groups is 2. The van der Waals surface area contributed by atoms with Crippen molar-refractivity contribution in [1.29, 1.82) is 0 Å². The van der Waals surface area contributed by atoms with Crippen molar-refractivity contribution in [3.63, 3.8) is 0 Å². The molecule has 1 aromatic carbocycles. The molecule has 1 aliphatic carbocycles. The van der Waals surface area contributed by atoms with Crippen LogP contribution in [0.3, 0.4) is 0 Å². The lowest BCUT2D eigenvalue weighted by Gasteiger charge is -2.11. The Kier molecular flexibility index (Phi) is 4.82. The molecule has 0 aliphatic heterocycles. The van der Waals surface area contributed by atoms with Crippen molar-refractivity contribution in [2.45, 2.75) is 23.4 Å². The van der Waals surface area contributed by atoms with Gasteiger partial charge in [0.1, 0.15) is 4.33 Å². The fourth-order valence-corrected chi connectivity index (χ4v) is 2.79. The molecular formula is C12H10Cl2F3N3O4. The van der Waals surface area contributed by atoms with E-state index in [1.54, 1.807) is 0 Å². The van der Waals surface area contributed by atoms with Crippen LogP contribution in [0.2, 0.25) is 0 Å². The molecule has 0 amide bonds. The lowest BCUT2D eigenvalue weighted by Crippen LogP contribution is -2.12. The summed E-state index contributed by atoms with van der Waals surface area (Å²) in [6.07, 6.45) is -4.07. The maximum absolute atomic E-state index is 12.8. The summed E-state index contributed by atoms with van der Waals surface area (Å²) in [5.41, 5.74) is -4.08. The van der Waals surface area contributed by atoms with Gasteiger partial charge in [-0.15, -0.1) is 23.2 Å². The molecule has 0 heterocycles. The van der Waals surface area contributed by atoms with E-state index in [1.165, 1.54) is 0 Å². The highest BCUT2D eigenvalue weighted by molar-refractivity contribution is 6.50. The smallest absolute Gasteiger partial charge is 0.374 e. The fourth-order valence-electron chi connectivity index (χ4n) is 2.20. The van der Waals surface area contributed by atoms with Crippen molar-refractivity contribution >= 4 is 40.3 Å². The Morgan fingerprint density at radius 1 is 1.21 bits per heavy atom. The molecule has 12 heteroatoms. The van der Waals surface area contributed by atoms with Gasteiger partial charge in [-0.3, -0.25) is 20.2 Å². The zero-order valence-corrected chi connectivity index (χ0v) is 13.3. The molecule has 0 radical (unpaired) electrons. The van der Waals surface area contributed by atoms with Crippen molar-refractivity contribution in [3.8, 4) is 0 Å². The van der Waals surface area contributed by atoms with Gasteiger partial charge in [0.2, 0.25) is 0 Å². The number of rotatable bonds is 6. The van der Waals surface area contributed by atoms with Crippen molar-refractivity contribution in [1.82, 2.24) is 0 Å². The molecule has 132 valence electrons. The Bertz CT molecular complexity index is 662. The number of hydrogen-bond acceptors (Lipinski definition) is 5. The molecule has 1 saturated carbocycles. The zero-order valence-electron chi connectivity index (χ0n) is 11.8. The number of anilines is 1. The summed E-state index contributed by atoms with van der Waals surface area (Å²) in [5.74, 6) is -0.0825. The molecule has 0 aromatic heterocycles. The molecule has 1 aliphatic rings. The first-order valence-electron chi connectivity index (χ1n) is 6.59. The average Bonchev–Trinajstić information content (AvgIpc) is 3.04. The Balaban J connectivity index is 2.33. The molecule has 1 aromatic rings. The Morgan fingerprint density at radius 3 is 2.00 bits per heavy atom. The topological polar surface area (TPSA) is 98.3 Å². The van der Waals surface area contributed by atoms with Gasteiger partial charge in [-0.2, -0.15) is 13.2 Å². The highest BCUT2D eigenvalue weighted by Gasteiger charge is 2.50. The maximum Gasteiger partial charge on any atom is 0.416 e. The van der Waals surface area contributed by atoms with Gasteiger partial charge in [-0.1, -0.05) is 0 Å². The van der Waals surface area contributed by atoms with Crippen molar-refractivity contribution in [2.24, 2.45) is 5.92 Å². The van der Waals surface area contributed by atoms with Gasteiger partial charge in [0, 0.05) is 18.7 Å². The van der Waals surface area contributed by atoms with Gasteiger partial charge in [-0.05, 0) is 18.8 Å². The fraction of sp³-hybridized carbons (Fsp3) is 0.500. The van der Waals surface area contributed by atoms with Crippen LogP contribution in [-0.4, -0.2) is 20.7 Å². The van der Waals surface area contributed by atoms with Gasteiger partial charge in [0.05, 0.1) is 15.4 Å². The van der Waals surface area contributed by atoms with E-state index in [1.807, 2.05) is 0 Å². The van der Waals surface area contributed by atoms with Crippen LogP contribution in [0.15, 0.2) is 12.1 Å². The third-order valence-electron chi connectivity index (χ3n) is 3.57. The lowest BCUT2D eigenvalue weighted by molar-refractivity contribution is -0.392. The molecule has 1 fully saturated rings. The minimum absolute atomic E-state index is 0.0406. The van der Waals surface area contributed by atoms with Gasteiger partial charge in [0.15, 0.2) is 5.69 Å². The highest BCUT2D eigenvalue weighted by atomic mass is 35.5. The predicted octanol–water partition coefficient (Wildman–Crippen LogP) is 4.52. The Labute approximate surface area is 143 Å². The van der Waals surface area contributed by atoms with Crippen LogP contribution in [0.25, 0.3) is 0 Å². The van der Waals surface area contributed by atoms with E-state index in [0.717, 1.165) is 0 Å². The number of alkyl halides is 5. The minimum atomic E-state index is -4.95. The number of nitro benzene ring substituents is 2. The van der Waals surface area contributed by atoms with Gasteiger partial charge < -0.3 is 5.32 Å². The van der Waals surface area contributed by atoms with Crippen LogP contribution in [0, 0.1) is 26.1 Å². The van der Waals surface area contributed by atoms with E-state index in [4.69, 9.17) is 23.2 Å². The summed E-state index contributed by atoms with van der Waals surface area (Å²) in [5, 5.41) is 24.5. The Hall–Kier alpha value is -1.81. The summed E-state index contributed by atoms with van der Waals surface area (Å²) in [6, 6.07) is 0.527. The van der Waals surface area contributed by atoms with E-state index >= 15 is 0 Å². The second-order valence-corrected chi connectivity index (χ2v) is 6.82. The largest absolute Gasteiger partial charge is 0.416 e. The molecule has 0 saturated heterocycles. The van der Waals surface area contributed by atoms with Crippen molar-refractivity contribution in [2.75, 3.05) is 11.9 Å². The first-order chi connectivity index (χ1) is 10.9. The van der Waals surface area contributed by atoms with Crippen LogP contribution in [0.4, 0.5) is 30.2 Å². The van der Waals surface area contributed by atoms with Crippen molar-refractivity contribution < 1.29 is 23.0 Å². The maximum atomic E-state index is 12.8. The first kappa shape index (κ1) is 18.5. The van der Waals surface area contributed by atoms with E-state index in [-0.39, 0.29) is 24.6 Å². The molecular weight excluding hydrogens is 378 g/mol. The van der Waals surface area contributed by atoms with Gasteiger partial charge in [0.25, 0.3) is 11.4 Å². The summed E-state index contributed by atoms with van der Waals surface area (Å²) in [6.45, 7) is 0.0406. The molecule has 1 atom stereocenters. The van der Waals surface area contributed by atoms with E-state index in [0.29, 0.717) is 12.8 Å². The predicted molar refractivity (Wildman–Crippen MR) is 80.4 cm³/mol. The second kappa shape index (κ2) is 6.25. The summed E-state index contributed by atoms with van der Waals surface area (Å²) in [7, 11) is 0. The monoisotopic (exact) mass is 387 g/mol. The van der Waals surface area contributed by atoms with E-state index in [9.17, 15) is 33.4 Å². The lowest BCUT2D eigenvalue weighted by atomic mass is 10.1. The molecule has 2 rings (SSSR count). The third-order valence-corrected chi connectivity index (χ3v) is 4.49. The molecule has 0 spiro atoms. The van der Waals surface area contributed by atoms with Crippen LogP contribution >= 0.6 is 23.2 Å². The SMILES string of the molecule is O=[N+]([O-])c1cc(C(F)(F)F)cc([N+](=O)[O-])c1NCCC1CC1(Cl)Cl. The van der Waals surface area contributed by atoms with Gasteiger partial charge >= 0.3 is 6.18 Å². The Morgan fingerprint density at radius 2 is 1.67 bits per heavy atom. The number of halogens is 5. The number of nitrogens with zero attached hydrogens (tertiary/aromatic N) is 2. The van der Waals surface area contributed by atoms with Crippen LogP contribution in [0.5, 0.6) is 0 Å². The van der Waals surface area contributed by atoms with Gasteiger partial charge in [-0.25, -0.2) is 0 Å². The van der Waals surface area contributed by atoms with Crippen molar-refractivity contribution in [3.05, 3.63) is 37.9 Å². The zero-order chi connectivity index (χ0) is 18.3. The molecule has 1 N–H and O–H groups in total. The van der Waals surface area contributed by atoms with Crippen LogP contribution < -0.4 is 5.32 Å². The normalized spacial score (nSPS) is 19.0. The first-order valence-corrected chi connectivity index (χ1v) is 7.35. The summed E-state index contributed by atoms with van der Waals surface area (Å²) >= 11 is 11.6. The quantitative estimate of drug-likeness (QED) is 0.439. The van der Waals surface area contributed by atoms with E-state index < -0.39 is 43.0 Å². The second-order valence-electron chi connectivity index (χ2n) is 5.28. The van der Waals surface area contributed by atoms with Crippen LogP contribution in [-0.2, 0) is 6.18 Å². The minimum Gasteiger partial charge on any atom is -0.374 e. The third kappa shape index (κ3) is 3.99. The molecule has 0 bridgehead atoms. The standard InChI is InChI=1S/C12H10Cl2F3N3O4/c13-11(14)5-6(11)1-2-18-10-8(19(21)22)3-7(12(15,16)17)4-9(10)20(23)24/h3-4,6,18H,1-2,5H2. The van der Waals surface area contributed by atoms with Crippen LogP contribution in [0.1, 0.15) is 18.4 Å². The number of benzene rings is 1. The number of hydrogen-bond donors (Lipinski definition) is 1. The average molecular weight is 388 g/mol. The summed E-state index contributed by atoms with van der Waals surface area (Å²) < 4.78 is 37.4. The summed E-state index contributed by atoms with van der Waals surface area (Å²) in [4.78, 5) is 19.8. The number of nitrogens with one attached hydrogen (secondary N) is 1. The molecule has 1 unspecified atom stereocenters. The molecule has 7 nitrogen and oxygen atoms in total. The van der Waals surface area contributed by atoms with E-state index in [2.05, 4.69) is 5.32 Å². The highest BCUT2D eigenvalue weighted by Crippen LogP contribution is 2.55.